The van der Waals surface area contributed by atoms with Crippen LogP contribution in [0.25, 0.3) is 0 Å². The molecule has 2 aliphatic heterocycles. The number of rotatable bonds is 3. The predicted octanol–water partition coefficient (Wildman–Crippen LogP) is 3.69. The summed E-state index contributed by atoms with van der Waals surface area (Å²) >= 11 is 0. The second-order valence-electron chi connectivity index (χ2n) is 7.48. The van der Waals surface area contributed by atoms with Gasteiger partial charge in [-0.2, -0.15) is 0 Å². The maximum atomic E-state index is 13.4. The summed E-state index contributed by atoms with van der Waals surface area (Å²) in [5.41, 5.74) is 3.08. The number of piperidine rings is 1. The van der Waals surface area contributed by atoms with Crippen LogP contribution in [0.4, 0.5) is 5.69 Å². The third kappa shape index (κ3) is 3.17. The molecule has 0 radical (unpaired) electrons. The van der Waals surface area contributed by atoms with Gasteiger partial charge in [0.25, 0.3) is 5.91 Å². The van der Waals surface area contributed by atoms with Gasteiger partial charge in [-0.05, 0) is 62.2 Å². The number of anilines is 1. The molecule has 2 heterocycles. The standard InChI is InChI=1S/C22H24N2O2/c1-24-12-10-15(11-13-24)14-20(25)21-16-6-2-3-7-17(16)22(26)23-19-9-5-4-8-18(19)21/h2-9,15,21H,10-14H2,1H3,(H,23,26). The summed E-state index contributed by atoms with van der Waals surface area (Å²) in [6, 6.07) is 15.2. The van der Waals surface area contributed by atoms with Gasteiger partial charge < -0.3 is 10.2 Å². The Labute approximate surface area is 154 Å². The molecule has 0 aromatic heterocycles. The van der Waals surface area contributed by atoms with E-state index in [9.17, 15) is 9.59 Å². The number of nitrogens with zero attached hydrogens (tertiary/aromatic N) is 1. The van der Waals surface area contributed by atoms with Crippen molar-refractivity contribution in [3.8, 4) is 0 Å². The molecule has 1 fully saturated rings. The molecule has 0 bridgehead atoms. The van der Waals surface area contributed by atoms with Crippen LogP contribution >= 0.6 is 0 Å². The molecule has 4 nitrogen and oxygen atoms in total. The van der Waals surface area contributed by atoms with E-state index in [-0.39, 0.29) is 17.6 Å². The third-order valence-corrected chi connectivity index (χ3v) is 5.69. The van der Waals surface area contributed by atoms with Crippen molar-refractivity contribution in [2.75, 3.05) is 25.5 Å². The Bertz CT molecular complexity index is 838. The molecule has 26 heavy (non-hydrogen) atoms. The van der Waals surface area contributed by atoms with E-state index in [4.69, 9.17) is 0 Å². The van der Waals surface area contributed by atoms with Gasteiger partial charge in [0, 0.05) is 17.7 Å². The van der Waals surface area contributed by atoms with Gasteiger partial charge in [-0.3, -0.25) is 9.59 Å². The maximum absolute atomic E-state index is 13.4. The van der Waals surface area contributed by atoms with Crippen LogP contribution in [0.15, 0.2) is 48.5 Å². The minimum Gasteiger partial charge on any atom is -0.322 e. The second-order valence-corrected chi connectivity index (χ2v) is 7.48. The van der Waals surface area contributed by atoms with Gasteiger partial charge in [0.05, 0.1) is 5.92 Å². The first kappa shape index (κ1) is 17.0. The largest absolute Gasteiger partial charge is 0.322 e. The van der Waals surface area contributed by atoms with E-state index in [1.807, 2.05) is 48.5 Å². The number of ketones is 1. The fourth-order valence-electron chi connectivity index (χ4n) is 4.19. The monoisotopic (exact) mass is 348 g/mol. The Kier molecular flexibility index (Phi) is 4.60. The van der Waals surface area contributed by atoms with E-state index in [1.54, 1.807) is 0 Å². The smallest absolute Gasteiger partial charge is 0.255 e. The predicted molar refractivity (Wildman–Crippen MR) is 103 cm³/mol. The molecule has 1 unspecified atom stereocenters. The number of nitrogens with one attached hydrogen (secondary N) is 1. The van der Waals surface area contributed by atoms with Gasteiger partial charge in [-0.15, -0.1) is 0 Å². The molecule has 4 heteroatoms. The second kappa shape index (κ2) is 7.04. The van der Waals surface area contributed by atoms with Crippen LogP contribution in [0, 0.1) is 5.92 Å². The van der Waals surface area contributed by atoms with Crippen molar-refractivity contribution >= 4 is 17.4 Å². The number of fused-ring (bicyclic) bond motifs is 2. The Balaban J connectivity index is 1.71. The van der Waals surface area contributed by atoms with Gasteiger partial charge >= 0.3 is 0 Å². The molecule has 1 N–H and O–H groups in total. The van der Waals surface area contributed by atoms with Crippen molar-refractivity contribution in [2.45, 2.75) is 25.2 Å². The number of para-hydroxylation sites is 1. The van der Waals surface area contributed by atoms with Crippen LogP contribution in [0.2, 0.25) is 0 Å². The number of hydrogen-bond donors (Lipinski definition) is 1. The molecule has 1 amide bonds. The summed E-state index contributed by atoms with van der Waals surface area (Å²) in [6.45, 7) is 2.10. The molecule has 4 rings (SSSR count). The van der Waals surface area contributed by atoms with Crippen molar-refractivity contribution in [3.63, 3.8) is 0 Å². The zero-order valence-corrected chi connectivity index (χ0v) is 15.1. The van der Waals surface area contributed by atoms with Crippen LogP contribution in [0.1, 0.15) is 46.7 Å². The molecule has 0 saturated carbocycles. The number of likely N-dealkylation sites (tertiary alicyclic amines) is 1. The zero-order valence-electron chi connectivity index (χ0n) is 15.1. The fourth-order valence-corrected chi connectivity index (χ4v) is 4.19. The first-order valence-electron chi connectivity index (χ1n) is 9.34. The molecular weight excluding hydrogens is 324 g/mol. The van der Waals surface area contributed by atoms with Crippen molar-refractivity contribution in [1.82, 2.24) is 4.90 Å². The molecular formula is C22H24N2O2. The molecule has 0 aliphatic carbocycles. The van der Waals surface area contributed by atoms with Crippen molar-refractivity contribution < 1.29 is 9.59 Å². The highest BCUT2D eigenvalue weighted by atomic mass is 16.1. The molecule has 0 spiro atoms. The van der Waals surface area contributed by atoms with E-state index in [2.05, 4.69) is 17.3 Å². The summed E-state index contributed by atoms with van der Waals surface area (Å²) in [5.74, 6) is 0.143. The molecule has 1 atom stereocenters. The number of amides is 1. The number of hydrogen-bond acceptors (Lipinski definition) is 3. The summed E-state index contributed by atoms with van der Waals surface area (Å²) < 4.78 is 0. The molecule has 1 saturated heterocycles. The molecule has 2 aromatic carbocycles. The highest BCUT2D eigenvalue weighted by Crippen LogP contribution is 2.38. The number of benzene rings is 2. The fraction of sp³-hybridized carbons (Fsp3) is 0.364. The molecule has 2 aromatic rings. The van der Waals surface area contributed by atoms with Crippen LogP contribution < -0.4 is 5.32 Å². The topological polar surface area (TPSA) is 49.4 Å². The molecule has 2 aliphatic rings. The highest BCUT2D eigenvalue weighted by Gasteiger charge is 2.33. The third-order valence-electron chi connectivity index (χ3n) is 5.69. The van der Waals surface area contributed by atoms with Gasteiger partial charge in [0.2, 0.25) is 0 Å². The SMILES string of the molecule is CN1CCC(CC(=O)C2c3ccccc3NC(=O)c3ccccc32)CC1. The van der Waals surface area contributed by atoms with Gasteiger partial charge in [-0.1, -0.05) is 36.4 Å². The Morgan fingerprint density at radius 1 is 1.04 bits per heavy atom. The van der Waals surface area contributed by atoms with Gasteiger partial charge in [0.15, 0.2) is 0 Å². The number of Topliss-reactive ketones (excluding diaryl/α,β-unsaturated/α-hetero) is 1. The van der Waals surface area contributed by atoms with Gasteiger partial charge in [0.1, 0.15) is 5.78 Å². The zero-order chi connectivity index (χ0) is 18.1. The Morgan fingerprint density at radius 2 is 1.69 bits per heavy atom. The lowest BCUT2D eigenvalue weighted by Crippen LogP contribution is -2.31. The summed E-state index contributed by atoms with van der Waals surface area (Å²) in [7, 11) is 2.13. The van der Waals surface area contributed by atoms with E-state index < -0.39 is 0 Å². The first-order chi connectivity index (χ1) is 12.6. The normalized spacial score (nSPS) is 20.7. The van der Waals surface area contributed by atoms with E-state index in [0.717, 1.165) is 42.7 Å². The first-order valence-corrected chi connectivity index (χ1v) is 9.34. The van der Waals surface area contributed by atoms with Crippen LogP contribution in [0.3, 0.4) is 0 Å². The van der Waals surface area contributed by atoms with Crippen LogP contribution in [0.5, 0.6) is 0 Å². The van der Waals surface area contributed by atoms with E-state index >= 15 is 0 Å². The lowest BCUT2D eigenvalue weighted by atomic mass is 9.80. The highest BCUT2D eigenvalue weighted by molar-refractivity contribution is 6.09. The van der Waals surface area contributed by atoms with E-state index in [1.165, 1.54) is 0 Å². The van der Waals surface area contributed by atoms with Crippen molar-refractivity contribution in [1.29, 1.82) is 0 Å². The van der Waals surface area contributed by atoms with Crippen LogP contribution in [-0.2, 0) is 4.79 Å². The van der Waals surface area contributed by atoms with Crippen LogP contribution in [-0.4, -0.2) is 36.7 Å². The summed E-state index contributed by atoms with van der Waals surface area (Å²) in [5, 5.41) is 2.98. The lowest BCUT2D eigenvalue weighted by molar-refractivity contribution is -0.120. The van der Waals surface area contributed by atoms with Crippen molar-refractivity contribution in [2.24, 2.45) is 5.92 Å². The Hall–Kier alpha value is -2.46. The molecule has 134 valence electrons. The summed E-state index contributed by atoms with van der Waals surface area (Å²) in [4.78, 5) is 28.3. The van der Waals surface area contributed by atoms with Crippen molar-refractivity contribution in [3.05, 3.63) is 65.2 Å². The number of carbonyl (C=O) groups is 2. The average molecular weight is 348 g/mol. The lowest BCUT2D eigenvalue weighted by Gasteiger charge is -2.29. The summed E-state index contributed by atoms with van der Waals surface area (Å²) in [6.07, 6.45) is 2.71. The number of carbonyl (C=O) groups excluding carboxylic acids is 2. The minimum absolute atomic E-state index is 0.136. The Morgan fingerprint density at radius 3 is 2.46 bits per heavy atom. The van der Waals surface area contributed by atoms with E-state index in [0.29, 0.717) is 17.9 Å². The average Bonchev–Trinajstić information content (AvgIpc) is 2.77. The maximum Gasteiger partial charge on any atom is 0.255 e. The van der Waals surface area contributed by atoms with Gasteiger partial charge in [-0.25, -0.2) is 0 Å². The minimum atomic E-state index is -0.374. The quantitative estimate of drug-likeness (QED) is 0.920.